The Morgan fingerprint density at radius 2 is 1.84 bits per heavy atom. The third-order valence-electron chi connectivity index (χ3n) is 4.86. The maximum atomic E-state index is 13.4. The summed E-state index contributed by atoms with van der Waals surface area (Å²) in [6.45, 7) is 1.23. The van der Waals surface area contributed by atoms with Crippen molar-refractivity contribution in [3.05, 3.63) is 64.8 Å². The van der Waals surface area contributed by atoms with Crippen LogP contribution in [0.5, 0.6) is 0 Å². The molecule has 11 heteroatoms. The fourth-order valence-corrected chi connectivity index (χ4v) is 3.54. The van der Waals surface area contributed by atoms with E-state index in [4.69, 9.17) is 16.1 Å². The zero-order valence-electron chi connectivity index (χ0n) is 15.9. The van der Waals surface area contributed by atoms with E-state index >= 15 is 0 Å². The number of anilines is 1. The molecule has 0 unspecified atom stereocenters. The van der Waals surface area contributed by atoms with E-state index in [0.717, 1.165) is 12.3 Å². The molecule has 6 nitrogen and oxygen atoms in total. The molecule has 2 aromatic heterocycles. The molecule has 0 aliphatic carbocycles. The van der Waals surface area contributed by atoms with Crippen molar-refractivity contribution in [3.8, 4) is 11.3 Å². The van der Waals surface area contributed by atoms with Crippen molar-refractivity contribution < 1.29 is 26.9 Å². The van der Waals surface area contributed by atoms with Gasteiger partial charge in [-0.05, 0) is 18.2 Å². The number of alkyl halides is 3. The highest BCUT2D eigenvalue weighted by Gasteiger charge is 2.33. The molecule has 1 aromatic carbocycles. The summed E-state index contributed by atoms with van der Waals surface area (Å²) in [6.07, 6.45) is -3.79. The van der Waals surface area contributed by atoms with E-state index in [2.05, 4.69) is 10.1 Å². The van der Waals surface area contributed by atoms with Gasteiger partial charge in [-0.25, -0.2) is 9.37 Å². The first-order valence-electron chi connectivity index (χ1n) is 9.22. The number of carbonyl (C=O) groups excluding carboxylic acids is 1. The quantitative estimate of drug-likeness (QED) is 0.545. The van der Waals surface area contributed by atoms with Gasteiger partial charge in [-0.15, -0.1) is 0 Å². The van der Waals surface area contributed by atoms with E-state index < -0.39 is 17.6 Å². The highest BCUT2D eigenvalue weighted by molar-refractivity contribution is 6.33. The number of pyridine rings is 1. The lowest BCUT2D eigenvalue weighted by Gasteiger charge is -2.35. The largest absolute Gasteiger partial charge is 0.417 e. The molecule has 1 amide bonds. The van der Waals surface area contributed by atoms with Crippen LogP contribution in [0, 0.1) is 5.82 Å². The Balaban J connectivity index is 1.42. The number of piperazine rings is 1. The van der Waals surface area contributed by atoms with Crippen molar-refractivity contribution in [1.29, 1.82) is 0 Å². The lowest BCUT2D eigenvalue weighted by molar-refractivity contribution is -0.137. The lowest BCUT2D eigenvalue weighted by Crippen LogP contribution is -2.49. The number of halogens is 5. The minimum atomic E-state index is -4.53. The number of nitrogens with zero attached hydrogens (tertiary/aromatic N) is 4. The van der Waals surface area contributed by atoms with Gasteiger partial charge in [0.2, 0.25) is 5.76 Å². The summed E-state index contributed by atoms with van der Waals surface area (Å²) in [7, 11) is 0. The Labute approximate surface area is 179 Å². The molecule has 1 aliphatic rings. The van der Waals surface area contributed by atoms with Crippen molar-refractivity contribution in [2.24, 2.45) is 0 Å². The number of benzene rings is 1. The van der Waals surface area contributed by atoms with E-state index in [0.29, 0.717) is 24.3 Å². The van der Waals surface area contributed by atoms with Crippen LogP contribution in [0.2, 0.25) is 5.02 Å². The van der Waals surface area contributed by atoms with Crippen LogP contribution in [-0.2, 0) is 6.18 Å². The van der Waals surface area contributed by atoms with Gasteiger partial charge in [0.25, 0.3) is 5.91 Å². The first kappa shape index (κ1) is 21.1. The Bertz CT molecular complexity index is 1110. The molecule has 162 valence electrons. The van der Waals surface area contributed by atoms with Gasteiger partial charge in [-0.2, -0.15) is 13.2 Å². The molecular weight excluding hydrogens is 440 g/mol. The molecule has 0 spiro atoms. The van der Waals surface area contributed by atoms with E-state index in [-0.39, 0.29) is 35.6 Å². The number of carbonyl (C=O) groups is 1. The Hall–Kier alpha value is -3.14. The topological polar surface area (TPSA) is 62.5 Å². The maximum absolute atomic E-state index is 13.4. The summed E-state index contributed by atoms with van der Waals surface area (Å²) in [5.41, 5.74) is -0.104. The van der Waals surface area contributed by atoms with Gasteiger partial charge in [-0.3, -0.25) is 4.79 Å². The third kappa shape index (κ3) is 4.48. The van der Waals surface area contributed by atoms with Gasteiger partial charge in [-0.1, -0.05) is 28.9 Å². The minimum absolute atomic E-state index is 0.0124. The Morgan fingerprint density at radius 3 is 2.48 bits per heavy atom. The summed E-state index contributed by atoms with van der Waals surface area (Å²) in [4.78, 5) is 19.8. The van der Waals surface area contributed by atoms with Crippen LogP contribution in [0.15, 0.2) is 47.1 Å². The van der Waals surface area contributed by atoms with Crippen LogP contribution >= 0.6 is 11.6 Å². The molecule has 0 atom stereocenters. The molecule has 0 saturated carbocycles. The van der Waals surface area contributed by atoms with Gasteiger partial charge >= 0.3 is 6.18 Å². The predicted octanol–water partition coefficient (Wildman–Crippen LogP) is 4.51. The van der Waals surface area contributed by atoms with Gasteiger partial charge in [0.05, 0.1) is 10.6 Å². The number of hydrogen-bond donors (Lipinski definition) is 0. The molecule has 0 bridgehead atoms. The molecule has 0 N–H and O–H groups in total. The number of aromatic nitrogens is 2. The summed E-state index contributed by atoms with van der Waals surface area (Å²) in [6, 6.07) is 8.04. The fraction of sp³-hybridized carbons (Fsp3) is 0.250. The summed E-state index contributed by atoms with van der Waals surface area (Å²) in [5, 5.41) is 3.72. The first-order chi connectivity index (χ1) is 14.7. The molecule has 0 radical (unpaired) electrons. The average Bonchev–Trinajstić information content (AvgIpc) is 3.23. The fourth-order valence-electron chi connectivity index (χ4n) is 3.26. The summed E-state index contributed by atoms with van der Waals surface area (Å²) in [5.74, 6) is -0.575. The summed E-state index contributed by atoms with van der Waals surface area (Å²) < 4.78 is 56.9. The summed E-state index contributed by atoms with van der Waals surface area (Å²) >= 11 is 6.00. The monoisotopic (exact) mass is 454 g/mol. The lowest BCUT2D eigenvalue weighted by atomic mass is 10.1. The minimum Gasteiger partial charge on any atom is -0.352 e. The van der Waals surface area contributed by atoms with Crippen molar-refractivity contribution >= 4 is 23.3 Å². The standard InChI is InChI=1S/C20H15ClF4N4O2/c21-15-9-13(20(23,24)25)11-26-18(15)28-4-6-29(7-5-28)19(30)17-10-16(27-31-17)12-2-1-3-14(22)8-12/h1-3,8-11H,4-7H2. The number of amides is 1. The molecule has 4 rings (SSSR count). The highest BCUT2D eigenvalue weighted by atomic mass is 35.5. The zero-order valence-corrected chi connectivity index (χ0v) is 16.6. The number of hydrogen-bond acceptors (Lipinski definition) is 5. The van der Waals surface area contributed by atoms with Crippen LogP contribution in [0.4, 0.5) is 23.4 Å². The second-order valence-electron chi connectivity index (χ2n) is 6.89. The van der Waals surface area contributed by atoms with Gasteiger partial charge in [0.1, 0.15) is 17.3 Å². The van der Waals surface area contributed by atoms with Crippen molar-refractivity contribution in [2.45, 2.75) is 6.18 Å². The molecular formula is C20H15ClF4N4O2. The molecule has 31 heavy (non-hydrogen) atoms. The van der Waals surface area contributed by atoms with Crippen molar-refractivity contribution in [1.82, 2.24) is 15.0 Å². The normalized spacial score (nSPS) is 14.7. The molecule has 3 aromatic rings. The Kier molecular flexibility index (Phi) is 5.57. The van der Waals surface area contributed by atoms with Crippen LogP contribution in [0.25, 0.3) is 11.3 Å². The maximum Gasteiger partial charge on any atom is 0.417 e. The van der Waals surface area contributed by atoms with E-state index in [1.807, 2.05) is 0 Å². The van der Waals surface area contributed by atoms with Crippen LogP contribution in [-0.4, -0.2) is 47.1 Å². The second kappa shape index (κ2) is 8.18. The molecule has 3 heterocycles. The van der Waals surface area contributed by atoms with Crippen LogP contribution in [0.3, 0.4) is 0 Å². The van der Waals surface area contributed by atoms with Crippen molar-refractivity contribution in [2.75, 3.05) is 31.1 Å². The van der Waals surface area contributed by atoms with E-state index in [9.17, 15) is 22.4 Å². The van der Waals surface area contributed by atoms with Gasteiger partial charge < -0.3 is 14.3 Å². The Morgan fingerprint density at radius 1 is 1.10 bits per heavy atom. The van der Waals surface area contributed by atoms with E-state index in [1.54, 1.807) is 11.0 Å². The SMILES string of the molecule is O=C(c1cc(-c2cccc(F)c2)no1)N1CCN(c2ncc(C(F)(F)F)cc2Cl)CC1. The first-order valence-corrected chi connectivity index (χ1v) is 9.60. The van der Waals surface area contributed by atoms with Gasteiger partial charge in [0, 0.05) is 44.0 Å². The second-order valence-corrected chi connectivity index (χ2v) is 7.30. The van der Waals surface area contributed by atoms with Gasteiger partial charge in [0.15, 0.2) is 0 Å². The predicted molar refractivity (Wildman–Crippen MR) is 104 cm³/mol. The highest BCUT2D eigenvalue weighted by Crippen LogP contribution is 2.33. The van der Waals surface area contributed by atoms with Crippen LogP contribution < -0.4 is 4.90 Å². The third-order valence-corrected chi connectivity index (χ3v) is 5.13. The van der Waals surface area contributed by atoms with Crippen molar-refractivity contribution in [3.63, 3.8) is 0 Å². The molecule has 1 aliphatic heterocycles. The number of rotatable bonds is 3. The van der Waals surface area contributed by atoms with E-state index in [1.165, 1.54) is 29.2 Å². The molecule has 1 fully saturated rings. The smallest absolute Gasteiger partial charge is 0.352 e. The average molecular weight is 455 g/mol. The van der Waals surface area contributed by atoms with Crippen LogP contribution in [0.1, 0.15) is 16.1 Å². The zero-order chi connectivity index (χ0) is 22.2. The molecule has 1 saturated heterocycles.